The second kappa shape index (κ2) is 10.8. The number of methoxy groups -OCH3 is 2. The van der Waals surface area contributed by atoms with E-state index in [0.29, 0.717) is 38.7 Å². The van der Waals surface area contributed by atoms with E-state index in [1.54, 1.807) is 26.0 Å². The molecule has 2 N–H and O–H groups in total. The zero-order chi connectivity index (χ0) is 14.6. The molecule has 0 aliphatic heterocycles. The van der Waals surface area contributed by atoms with Crippen LogP contribution in [0.15, 0.2) is 23.1 Å². The molecule has 0 heterocycles. The molecular formula is C14H23NO4S. The number of benzene rings is 1. The molecule has 0 spiro atoms. The van der Waals surface area contributed by atoms with Gasteiger partial charge in [0.25, 0.3) is 0 Å². The van der Waals surface area contributed by atoms with Crippen LogP contribution < -0.4 is 10.5 Å². The van der Waals surface area contributed by atoms with Gasteiger partial charge in [-0.3, -0.25) is 0 Å². The summed E-state index contributed by atoms with van der Waals surface area (Å²) in [4.78, 5) is 1.07. The number of rotatable bonds is 11. The minimum atomic E-state index is 0.596. The van der Waals surface area contributed by atoms with Gasteiger partial charge in [-0.05, 0) is 12.1 Å². The summed E-state index contributed by atoms with van der Waals surface area (Å²) < 4.78 is 20.9. The van der Waals surface area contributed by atoms with Crippen molar-refractivity contribution in [3.63, 3.8) is 0 Å². The number of nitrogen functional groups attached to an aromatic ring is 1. The first-order valence-electron chi connectivity index (χ1n) is 6.48. The summed E-state index contributed by atoms with van der Waals surface area (Å²) >= 11 is 1.69. The van der Waals surface area contributed by atoms with Crippen LogP contribution >= 0.6 is 11.8 Å². The van der Waals surface area contributed by atoms with Crippen LogP contribution in [0.4, 0.5) is 5.69 Å². The third kappa shape index (κ3) is 7.00. The van der Waals surface area contributed by atoms with Gasteiger partial charge in [-0.15, -0.1) is 11.8 Å². The Hall–Kier alpha value is -0.950. The van der Waals surface area contributed by atoms with Crippen molar-refractivity contribution in [2.45, 2.75) is 4.90 Å². The monoisotopic (exact) mass is 301 g/mol. The van der Waals surface area contributed by atoms with Crippen LogP contribution in [0.3, 0.4) is 0 Å². The van der Waals surface area contributed by atoms with Crippen LogP contribution in [-0.4, -0.2) is 53.0 Å². The van der Waals surface area contributed by atoms with Crippen molar-refractivity contribution in [2.24, 2.45) is 0 Å². The molecule has 6 heteroatoms. The Labute approximate surface area is 124 Å². The number of ether oxygens (including phenoxy) is 4. The van der Waals surface area contributed by atoms with E-state index in [1.165, 1.54) is 0 Å². The molecule has 1 aromatic carbocycles. The van der Waals surface area contributed by atoms with E-state index < -0.39 is 0 Å². The molecule has 0 radical (unpaired) electrons. The van der Waals surface area contributed by atoms with Crippen LogP contribution in [-0.2, 0) is 14.2 Å². The normalized spacial score (nSPS) is 10.7. The molecule has 0 aliphatic rings. The molecule has 0 saturated heterocycles. The average molecular weight is 301 g/mol. The summed E-state index contributed by atoms with van der Waals surface area (Å²) in [6, 6.07) is 5.66. The zero-order valence-corrected chi connectivity index (χ0v) is 12.9. The van der Waals surface area contributed by atoms with Crippen molar-refractivity contribution in [1.82, 2.24) is 0 Å². The van der Waals surface area contributed by atoms with Crippen LogP contribution in [0.2, 0.25) is 0 Å². The van der Waals surface area contributed by atoms with E-state index in [4.69, 9.17) is 24.7 Å². The molecule has 0 aliphatic carbocycles. The molecule has 0 amide bonds. The molecule has 0 fully saturated rings. The lowest BCUT2D eigenvalue weighted by atomic mass is 10.3. The molecule has 114 valence electrons. The molecule has 5 nitrogen and oxygen atoms in total. The van der Waals surface area contributed by atoms with Crippen LogP contribution in [0, 0.1) is 0 Å². The number of nitrogens with two attached hydrogens (primary N) is 1. The Kier molecular flexibility index (Phi) is 9.23. The Morgan fingerprint density at radius 2 is 1.70 bits per heavy atom. The first kappa shape index (κ1) is 17.1. The van der Waals surface area contributed by atoms with Crippen molar-refractivity contribution in [2.75, 3.05) is 58.7 Å². The maximum Gasteiger partial charge on any atom is 0.134 e. The number of hydrogen-bond acceptors (Lipinski definition) is 6. The van der Waals surface area contributed by atoms with Gasteiger partial charge in [-0.1, -0.05) is 0 Å². The van der Waals surface area contributed by atoms with Gasteiger partial charge in [0.1, 0.15) is 5.75 Å². The fourth-order valence-electron chi connectivity index (χ4n) is 1.48. The van der Waals surface area contributed by atoms with Gasteiger partial charge in [0.15, 0.2) is 0 Å². The summed E-state index contributed by atoms with van der Waals surface area (Å²) in [5, 5.41) is 0. The molecule has 0 saturated carbocycles. The molecule has 0 aromatic heterocycles. The fourth-order valence-corrected chi connectivity index (χ4v) is 2.35. The van der Waals surface area contributed by atoms with Crippen molar-refractivity contribution < 1.29 is 18.9 Å². The number of thioether (sulfide) groups is 1. The third-order valence-electron chi connectivity index (χ3n) is 2.48. The average Bonchev–Trinajstić information content (AvgIpc) is 2.46. The smallest absolute Gasteiger partial charge is 0.134 e. The lowest BCUT2D eigenvalue weighted by molar-refractivity contribution is 0.0286. The van der Waals surface area contributed by atoms with Gasteiger partial charge in [0.2, 0.25) is 0 Å². The van der Waals surface area contributed by atoms with Crippen LogP contribution in [0.1, 0.15) is 0 Å². The molecule has 1 rings (SSSR count). The van der Waals surface area contributed by atoms with Gasteiger partial charge in [-0.2, -0.15) is 0 Å². The van der Waals surface area contributed by atoms with Crippen molar-refractivity contribution >= 4 is 17.4 Å². The lowest BCUT2D eigenvalue weighted by Gasteiger charge is -2.09. The highest BCUT2D eigenvalue weighted by Gasteiger charge is 2.03. The minimum Gasteiger partial charge on any atom is -0.496 e. The van der Waals surface area contributed by atoms with Crippen LogP contribution in [0.25, 0.3) is 0 Å². The largest absolute Gasteiger partial charge is 0.496 e. The SMILES string of the molecule is COCCOCCOCCSc1ccc(N)cc1OC. The van der Waals surface area contributed by atoms with E-state index in [0.717, 1.165) is 16.4 Å². The quantitative estimate of drug-likeness (QED) is 0.383. The van der Waals surface area contributed by atoms with Gasteiger partial charge in [0.05, 0.1) is 40.1 Å². The van der Waals surface area contributed by atoms with E-state index in [2.05, 4.69) is 0 Å². The van der Waals surface area contributed by atoms with Crippen molar-refractivity contribution in [3.05, 3.63) is 18.2 Å². The number of anilines is 1. The highest BCUT2D eigenvalue weighted by atomic mass is 32.2. The zero-order valence-electron chi connectivity index (χ0n) is 12.1. The summed E-state index contributed by atoms with van der Waals surface area (Å²) in [5.41, 5.74) is 6.41. The van der Waals surface area contributed by atoms with Gasteiger partial charge in [0, 0.05) is 29.5 Å². The highest BCUT2D eigenvalue weighted by Crippen LogP contribution is 2.30. The fraction of sp³-hybridized carbons (Fsp3) is 0.571. The Morgan fingerprint density at radius 1 is 1.00 bits per heavy atom. The maximum atomic E-state index is 5.71. The van der Waals surface area contributed by atoms with Gasteiger partial charge < -0.3 is 24.7 Å². The standard InChI is InChI=1S/C14H23NO4S/c1-16-5-6-18-7-8-19-9-10-20-14-4-3-12(15)11-13(14)17-2/h3-4,11H,5-10,15H2,1-2H3. The summed E-state index contributed by atoms with van der Waals surface area (Å²) in [6.07, 6.45) is 0. The molecule has 1 aromatic rings. The predicted octanol–water partition coefficient (Wildman–Crippen LogP) is 2.05. The first-order chi connectivity index (χ1) is 9.77. The molecule has 0 unspecified atom stereocenters. The van der Waals surface area contributed by atoms with Crippen molar-refractivity contribution in [1.29, 1.82) is 0 Å². The minimum absolute atomic E-state index is 0.596. The van der Waals surface area contributed by atoms with E-state index in [-0.39, 0.29) is 0 Å². The second-order valence-corrected chi connectivity index (χ2v) is 5.11. The molecular weight excluding hydrogens is 278 g/mol. The van der Waals surface area contributed by atoms with Gasteiger partial charge in [-0.25, -0.2) is 0 Å². The topological polar surface area (TPSA) is 62.9 Å². The van der Waals surface area contributed by atoms with E-state index in [9.17, 15) is 0 Å². The maximum absolute atomic E-state index is 5.71. The Morgan fingerprint density at radius 3 is 2.40 bits per heavy atom. The second-order valence-electron chi connectivity index (χ2n) is 3.98. The third-order valence-corrected chi connectivity index (χ3v) is 3.50. The molecule has 0 atom stereocenters. The lowest BCUT2D eigenvalue weighted by Crippen LogP contribution is -2.09. The Bertz CT molecular complexity index is 376. The summed E-state index contributed by atoms with van der Waals surface area (Å²) in [6.45, 7) is 3.10. The number of hydrogen-bond donors (Lipinski definition) is 1. The highest BCUT2D eigenvalue weighted by molar-refractivity contribution is 7.99. The van der Waals surface area contributed by atoms with E-state index >= 15 is 0 Å². The van der Waals surface area contributed by atoms with Crippen molar-refractivity contribution in [3.8, 4) is 5.75 Å². The molecule has 0 bridgehead atoms. The van der Waals surface area contributed by atoms with E-state index in [1.807, 2.05) is 18.2 Å². The van der Waals surface area contributed by atoms with Crippen LogP contribution in [0.5, 0.6) is 5.75 Å². The summed E-state index contributed by atoms with van der Waals surface area (Å²) in [7, 11) is 3.30. The first-order valence-corrected chi connectivity index (χ1v) is 7.47. The summed E-state index contributed by atoms with van der Waals surface area (Å²) in [5.74, 6) is 1.66. The predicted molar refractivity (Wildman–Crippen MR) is 81.6 cm³/mol. The van der Waals surface area contributed by atoms with Gasteiger partial charge >= 0.3 is 0 Å². The molecule has 20 heavy (non-hydrogen) atoms. The Balaban J connectivity index is 2.09.